The van der Waals surface area contributed by atoms with Gasteiger partial charge >= 0.3 is 6.09 Å². The first-order chi connectivity index (χ1) is 10.3. The Kier molecular flexibility index (Phi) is 4.75. The van der Waals surface area contributed by atoms with Crippen LogP contribution in [0.25, 0.3) is 11.4 Å². The van der Waals surface area contributed by atoms with Gasteiger partial charge in [-0.25, -0.2) is 9.18 Å². The van der Waals surface area contributed by atoms with E-state index < -0.39 is 11.7 Å². The van der Waals surface area contributed by atoms with Gasteiger partial charge in [-0.15, -0.1) is 0 Å². The number of rotatable bonds is 4. The van der Waals surface area contributed by atoms with Crippen LogP contribution in [0.4, 0.5) is 9.18 Å². The molecule has 22 heavy (non-hydrogen) atoms. The van der Waals surface area contributed by atoms with Gasteiger partial charge in [0.05, 0.1) is 18.4 Å². The van der Waals surface area contributed by atoms with Crippen LogP contribution in [-0.4, -0.2) is 33.0 Å². The number of carbonyl (C=O) groups is 1. The number of amides is 1. The molecule has 0 atom stereocenters. The molecule has 0 aliphatic carbocycles. The molecule has 1 amide bonds. The average Bonchev–Trinajstić information content (AvgIpc) is 2.86. The Hall–Kier alpha value is -2.44. The number of hydrogen-bond donors (Lipinski definition) is 1. The van der Waals surface area contributed by atoms with Crippen molar-refractivity contribution in [3.05, 3.63) is 36.4 Å². The van der Waals surface area contributed by atoms with Crippen molar-refractivity contribution in [1.82, 2.24) is 20.1 Å². The summed E-state index contributed by atoms with van der Waals surface area (Å²) in [5, 5.41) is 6.98. The number of nitrogens with zero attached hydrogens (tertiary/aromatic N) is 3. The highest BCUT2D eigenvalue weighted by Gasteiger charge is 2.15. The predicted molar refractivity (Wildman–Crippen MR) is 79.7 cm³/mol. The van der Waals surface area contributed by atoms with Gasteiger partial charge in [-0.2, -0.15) is 5.10 Å². The Balaban J connectivity index is 1.85. The van der Waals surface area contributed by atoms with E-state index in [9.17, 15) is 9.18 Å². The fourth-order valence-corrected chi connectivity index (χ4v) is 1.74. The summed E-state index contributed by atoms with van der Waals surface area (Å²) < 4.78 is 19.6. The van der Waals surface area contributed by atoms with Crippen LogP contribution in [0.3, 0.4) is 0 Å². The number of aromatic nitrogens is 3. The van der Waals surface area contributed by atoms with E-state index in [0.717, 1.165) is 6.20 Å². The van der Waals surface area contributed by atoms with Gasteiger partial charge in [0, 0.05) is 12.7 Å². The molecule has 0 spiro atoms. The second kappa shape index (κ2) is 6.55. The van der Waals surface area contributed by atoms with E-state index in [1.807, 2.05) is 20.8 Å². The summed E-state index contributed by atoms with van der Waals surface area (Å²) in [4.78, 5) is 15.5. The number of alkyl carbamates (subject to hydrolysis) is 1. The normalized spacial score (nSPS) is 11.3. The Morgan fingerprint density at radius 1 is 1.32 bits per heavy atom. The summed E-state index contributed by atoms with van der Waals surface area (Å²) in [5.74, 6) is -0.384. The van der Waals surface area contributed by atoms with Gasteiger partial charge in [0.15, 0.2) is 0 Å². The summed E-state index contributed by atoms with van der Waals surface area (Å²) in [6.45, 7) is 6.32. The van der Waals surface area contributed by atoms with Crippen molar-refractivity contribution in [3.63, 3.8) is 0 Å². The first kappa shape index (κ1) is 15.9. The van der Waals surface area contributed by atoms with Crippen LogP contribution in [0.2, 0.25) is 0 Å². The molecule has 0 unspecified atom stereocenters. The van der Waals surface area contributed by atoms with Crippen molar-refractivity contribution < 1.29 is 13.9 Å². The number of carbonyl (C=O) groups excluding carboxylic acids is 1. The molecule has 2 heterocycles. The summed E-state index contributed by atoms with van der Waals surface area (Å²) in [6.07, 6.45) is 2.47. The molecule has 2 rings (SSSR count). The molecular formula is C15H19FN4O2. The topological polar surface area (TPSA) is 69.0 Å². The van der Waals surface area contributed by atoms with Gasteiger partial charge in [-0.05, 0) is 39.0 Å². The minimum Gasteiger partial charge on any atom is -0.444 e. The van der Waals surface area contributed by atoms with E-state index in [4.69, 9.17) is 4.74 Å². The maximum atomic E-state index is 12.8. The molecule has 0 bridgehead atoms. The van der Waals surface area contributed by atoms with Crippen molar-refractivity contribution in [2.75, 3.05) is 6.54 Å². The van der Waals surface area contributed by atoms with E-state index >= 15 is 0 Å². The SMILES string of the molecule is CC(C)(C)OC(=O)NCCn1ccc(-c2ccc(F)cn2)n1. The van der Waals surface area contributed by atoms with Crippen LogP contribution in [0.15, 0.2) is 30.6 Å². The highest BCUT2D eigenvalue weighted by atomic mass is 19.1. The van der Waals surface area contributed by atoms with Crippen molar-refractivity contribution in [2.24, 2.45) is 0 Å². The predicted octanol–water partition coefficient (Wildman–Crippen LogP) is 2.61. The lowest BCUT2D eigenvalue weighted by atomic mass is 10.2. The molecule has 2 aromatic heterocycles. The molecule has 0 aliphatic rings. The molecule has 0 fully saturated rings. The monoisotopic (exact) mass is 306 g/mol. The summed E-state index contributed by atoms with van der Waals surface area (Å²) >= 11 is 0. The second-order valence-corrected chi connectivity index (χ2v) is 5.75. The molecular weight excluding hydrogens is 287 g/mol. The zero-order valence-corrected chi connectivity index (χ0v) is 12.8. The van der Waals surface area contributed by atoms with Gasteiger partial charge in [0.2, 0.25) is 0 Å². The summed E-state index contributed by atoms with van der Waals surface area (Å²) in [6, 6.07) is 4.69. The molecule has 2 aromatic rings. The number of nitrogens with one attached hydrogen (secondary N) is 1. The third-order valence-electron chi connectivity index (χ3n) is 2.64. The van der Waals surface area contributed by atoms with Crippen LogP contribution >= 0.6 is 0 Å². The fraction of sp³-hybridized carbons (Fsp3) is 0.400. The maximum Gasteiger partial charge on any atom is 0.407 e. The highest BCUT2D eigenvalue weighted by Crippen LogP contribution is 2.13. The van der Waals surface area contributed by atoms with Gasteiger partial charge in [-0.1, -0.05) is 0 Å². The summed E-state index contributed by atoms with van der Waals surface area (Å²) in [5.41, 5.74) is 0.731. The third kappa shape index (κ3) is 4.83. The van der Waals surface area contributed by atoms with E-state index in [-0.39, 0.29) is 5.82 Å². The van der Waals surface area contributed by atoms with Crippen molar-refractivity contribution in [3.8, 4) is 11.4 Å². The van der Waals surface area contributed by atoms with E-state index in [2.05, 4.69) is 15.4 Å². The van der Waals surface area contributed by atoms with Crippen LogP contribution < -0.4 is 5.32 Å². The molecule has 0 saturated heterocycles. The van der Waals surface area contributed by atoms with Crippen molar-refractivity contribution in [2.45, 2.75) is 32.9 Å². The van der Waals surface area contributed by atoms with Crippen LogP contribution in [0, 0.1) is 5.82 Å². The van der Waals surface area contributed by atoms with Crippen LogP contribution in [0.1, 0.15) is 20.8 Å². The lowest BCUT2D eigenvalue weighted by Gasteiger charge is -2.19. The van der Waals surface area contributed by atoms with E-state index in [1.165, 1.54) is 6.07 Å². The highest BCUT2D eigenvalue weighted by molar-refractivity contribution is 5.67. The quantitative estimate of drug-likeness (QED) is 0.942. The van der Waals surface area contributed by atoms with Crippen LogP contribution in [0.5, 0.6) is 0 Å². The van der Waals surface area contributed by atoms with E-state index in [1.54, 1.807) is 23.0 Å². The van der Waals surface area contributed by atoms with Gasteiger partial charge in [0.1, 0.15) is 17.1 Å². The third-order valence-corrected chi connectivity index (χ3v) is 2.64. The largest absolute Gasteiger partial charge is 0.444 e. The Labute approximate surface area is 128 Å². The number of halogens is 1. The van der Waals surface area contributed by atoms with Gasteiger partial charge in [0.25, 0.3) is 0 Å². The number of ether oxygens (including phenoxy) is 1. The minimum atomic E-state index is -0.517. The maximum absolute atomic E-state index is 12.8. The van der Waals surface area contributed by atoms with E-state index in [0.29, 0.717) is 24.5 Å². The van der Waals surface area contributed by atoms with Crippen molar-refractivity contribution >= 4 is 6.09 Å². The molecule has 0 aliphatic heterocycles. The Bertz CT molecular complexity index is 632. The average molecular weight is 306 g/mol. The first-order valence-electron chi connectivity index (χ1n) is 6.96. The Morgan fingerprint density at radius 2 is 2.09 bits per heavy atom. The molecule has 1 N–H and O–H groups in total. The smallest absolute Gasteiger partial charge is 0.407 e. The summed E-state index contributed by atoms with van der Waals surface area (Å²) in [7, 11) is 0. The molecule has 0 aromatic carbocycles. The number of pyridine rings is 1. The number of hydrogen-bond acceptors (Lipinski definition) is 4. The zero-order chi connectivity index (χ0) is 16.2. The zero-order valence-electron chi connectivity index (χ0n) is 12.8. The van der Waals surface area contributed by atoms with Crippen molar-refractivity contribution in [1.29, 1.82) is 0 Å². The molecule has 118 valence electrons. The van der Waals surface area contributed by atoms with Gasteiger partial charge < -0.3 is 10.1 Å². The standard InChI is InChI=1S/C15H19FN4O2/c1-15(2,3)22-14(21)17-7-9-20-8-6-13(19-20)12-5-4-11(16)10-18-12/h4-6,8,10H,7,9H2,1-3H3,(H,17,21). The molecule has 0 saturated carbocycles. The van der Waals surface area contributed by atoms with Crippen LogP contribution in [-0.2, 0) is 11.3 Å². The molecule has 7 heteroatoms. The lowest BCUT2D eigenvalue weighted by Crippen LogP contribution is -2.34. The molecule has 0 radical (unpaired) electrons. The molecule has 6 nitrogen and oxygen atoms in total. The minimum absolute atomic E-state index is 0.384. The second-order valence-electron chi connectivity index (χ2n) is 5.75. The lowest BCUT2D eigenvalue weighted by molar-refractivity contribution is 0.0525. The van der Waals surface area contributed by atoms with Gasteiger partial charge in [-0.3, -0.25) is 9.67 Å². The fourth-order valence-electron chi connectivity index (χ4n) is 1.74. The first-order valence-corrected chi connectivity index (χ1v) is 6.96. The Morgan fingerprint density at radius 3 is 2.73 bits per heavy atom.